The molecular weight excluding hydrogens is 318 g/mol. The lowest BCUT2D eigenvalue weighted by Crippen LogP contribution is -2.40. The van der Waals surface area contributed by atoms with Crippen molar-refractivity contribution in [1.82, 2.24) is 9.88 Å². The molecule has 0 aliphatic carbocycles. The minimum absolute atomic E-state index is 0.137. The molecule has 1 aromatic carbocycles. The van der Waals surface area contributed by atoms with Gasteiger partial charge in [0.2, 0.25) is 0 Å². The lowest BCUT2D eigenvalue weighted by atomic mass is 10.1. The Morgan fingerprint density at radius 3 is 2.83 bits per heavy atom. The number of carbonyl (C=O) groups excluding carboxylic acids is 1. The maximum Gasteiger partial charge on any atom is 0.326 e. The van der Waals surface area contributed by atoms with E-state index in [4.69, 9.17) is 4.74 Å². The van der Waals surface area contributed by atoms with Crippen molar-refractivity contribution in [3.8, 4) is 0 Å². The van der Waals surface area contributed by atoms with Crippen molar-refractivity contribution < 1.29 is 24.4 Å². The van der Waals surface area contributed by atoms with Crippen LogP contribution in [0.5, 0.6) is 0 Å². The fourth-order valence-corrected chi connectivity index (χ4v) is 2.98. The average molecular weight is 333 g/mol. The SMILES string of the molecule is COC1CC(C(=O)O)N(C(=O)c2c[nH]c3ccc([N+](=O)[O-])cc23)C1. The number of hydrogen-bond acceptors (Lipinski definition) is 5. The lowest BCUT2D eigenvalue weighted by molar-refractivity contribution is -0.384. The molecule has 0 saturated carbocycles. The van der Waals surface area contributed by atoms with Gasteiger partial charge in [-0.25, -0.2) is 4.79 Å². The average Bonchev–Trinajstić information content (AvgIpc) is 3.17. The van der Waals surface area contributed by atoms with E-state index < -0.39 is 22.8 Å². The van der Waals surface area contributed by atoms with Gasteiger partial charge in [0.15, 0.2) is 0 Å². The summed E-state index contributed by atoms with van der Waals surface area (Å²) in [5, 5.41) is 20.6. The Hall–Kier alpha value is -2.94. The van der Waals surface area contributed by atoms with Crippen molar-refractivity contribution in [1.29, 1.82) is 0 Å². The number of aliphatic carboxylic acids is 1. The highest BCUT2D eigenvalue weighted by atomic mass is 16.6. The molecule has 126 valence electrons. The van der Waals surface area contributed by atoms with Crippen molar-refractivity contribution in [2.24, 2.45) is 0 Å². The molecule has 1 aromatic heterocycles. The van der Waals surface area contributed by atoms with Gasteiger partial charge < -0.3 is 19.7 Å². The molecule has 9 heteroatoms. The van der Waals surface area contributed by atoms with Crippen LogP contribution in [0.1, 0.15) is 16.8 Å². The van der Waals surface area contributed by atoms with E-state index in [2.05, 4.69) is 4.98 Å². The second-order valence-corrected chi connectivity index (χ2v) is 5.59. The van der Waals surface area contributed by atoms with Gasteiger partial charge in [-0.15, -0.1) is 0 Å². The molecule has 1 saturated heterocycles. The van der Waals surface area contributed by atoms with Crippen LogP contribution in [0, 0.1) is 10.1 Å². The summed E-state index contributed by atoms with van der Waals surface area (Å²) in [6, 6.07) is 3.18. The van der Waals surface area contributed by atoms with Crippen LogP contribution in [0.4, 0.5) is 5.69 Å². The zero-order chi connectivity index (χ0) is 17.4. The number of nitro benzene ring substituents is 1. The number of ether oxygens (including phenoxy) is 1. The summed E-state index contributed by atoms with van der Waals surface area (Å²) in [5.41, 5.74) is 0.636. The number of nitrogens with one attached hydrogen (secondary N) is 1. The Kier molecular flexibility index (Phi) is 3.94. The normalized spacial score (nSPS) is 20.5. The first-order valence-corrected chi connectivity index (χ1v) is 7.24. The van der Waals surface area contributed by atoms with Crippen LogP contribution in [0.3, 0.4) is 0 Å². The number of nitrogens with zero attached hydrogens (tertiary/aromatic N) is 2. The molecule has 0 spiro atoms. The molecule has 9 nitrogen and oxygen atoms in total. The number of non-ortho nitro benzene ring substituents is 1. The summed E-state index contributed by atoms with van der Waals surface area (Å²) in [6.45, 7) is 0.161. The number of amides is 1. The Morgan fingerprint density at radius 1 is 1.46 bits per heavy atom. The quantitative estimate of drug-likeness (QED) is 0.643. The molecule has 0 bridgehead atoms. The summed E-state index contributed by atoms with van der Waals surface area (Å²) < 4.78 is 5.17. The molecule has 1 fully saturated rings. The summed E-state index contributed by atoms with van der Waals surface area (Å²) in [4.78, 5) is 38.7. The molecule has 2 unspecified atom stereocenters. The van der Waals surface area contributed by atoms with Crippen LogP contribution in [0.2, 0.25) is 0 Å². The molecule has 0 radical (unpaired) electrons. The van der Waals surface area contributed by atoms with Gasteiger partial charge in [-0.3, -0.25) is 14.9 Å². The predicted octanol–water partition coefficient (Wildman–Crippen LogP) is 1.39. The van der Waals surface area contributed by atoms with Gasteiger partial charge in [0, 0.05) is 49.3 Å². The van der Waals surface area contributed by atoms with E-state index >= 15 is 0 Å². The lowest BCUT2D eigenvalue weighted by Gasteiger charge is -2.20. The summed E-state index contributed by atoms with van der Waals surface area (Å²) in [6.07, 6.45) is 1.30. The smallest absolute Gasteiger partial charge is 0.326 e. The van der Waals surface area contributed by atoms with E-state index in [1.54, 1.807) is 0 Å². The number of carboxylic acid groups (broad SMARTS) is 1. The van der Waals surface area contributed by atoms with Gasteiger partial charge in [0.1, 0.15) is 6.04 Å². The van der Waals surface area contributed by atoms with Crippen molar-refractivity contribution in [3.63, 3.8) is 0 Å². The Morgan fingerprint density at radius 2 is 2.21 bits per heavy atom. The molecular formula is C15H15N3O6. The number of nitro groups is 1. The number of aromatic amines is 1. The Balaban J connectivity index is 2.00. The fraction of sp³-hybridized carbons (Fsp3) is 0.333. The van der Waals surface area contributed by atoms with Gasteiger partial charge >= 0.3 is 5.97 Å². The maximum atomic E-state index is 12.8. The summed E-state index contributed by atoms with van der Waals surface area (Å²) in [7, 11) is 1.46. The molecule has 1 aliphatic rings. The van der Waals surface area contributed by atoms with Gasteiger partial charge in [-0.1, -0.05) is 0 Å². The first-order valence-electron chi connectivity index (χ1n) is 7.24. The first kappa shape index (κ1) is 15.9. The highest BCUT2D eigenvalue weighted by Crippen LogP contribution is 2.28. The molecule has 1 aliphatic heterocycles. The fourth-order valence-electron chi connectivity index (χ4n) is 2.98. The third-order valence-corrected chi connectivity index (χ3v) is 4.25. The van der Waals surface area contributed by atoms with E-state index in [1.165, 1.54) is 36.4 Å². The predicted molar refractivity (Wildman–Crippen MR) is 82.8 cm³/mol. The molecule has 24 heavy (non-hydrogen) atoms. The number of rotatable bonds is 4. The van der Waals surface area contributed by atoms with Gasteiger partial charge in [0.25, 0.3) is 11.6 Å². The number of H-pyrrole nitrogens is 1. The zero-order valence-corrected chi connectivity index (χ0v) is 12.8. The van der Waals surface area contributed by atoms with Gasteiger partial charge in [-0.05, 0) is 6.07 Å². The topological polar surface area (TPSA) is 126 Å². The molecule has 2 atom stereocenters. The number of fused-ring (bicyclic) bond motifs is 1. The molecule has 2 aromatic rings. The van der Waals surface area contributed by atoms with E-state index in [-0.39, 0.29) is 30.3 Å². The largest absolute Gasteiger partial charge is 0.480 e. The Labute approximate surface area is 136 Å². The van der Waals surface area contributed by atoms with Gasteiger partial charge in [0.05, 0.1) is 16.6 Å². The van der Waals surface area contributed by atoms with E-state index in [0.29, 0.717) is 10.9 Å². The number of hydrogen-bond donors (Lipinski definition) is 2. The highest BCUT2D eigenvalue weighted by molar-refractivity contribution is 6.08. The Bertz CT molecular complexity index is 830. The first-order chi connectivity index (χ1) is 11.4. The van der Waals surface area contributed by atoms with E-state index in [9.17, 15) is 24.8 Å². The van der Waals surface area contributed by atoms with Crippen molar-refractivity contribution in [3.05, 3.63) is 40.1 Å². The van der Waals surface area contributed by atoms with Crippen LogP contribution in [0.25, 0.3) is 10.9 Å². The van der Waals surface area contributed by atoms with Crippen molar-refractivity contribution >= 4 is 28.5 Å². The van der Waals surface area contributed by atoms with Crippen molar-refractivity contribution in [2.75, 3.05) is 13.7 Å². The number of carboxylic acids is 1. The third-order valence-electron chi connectivity index (χ3n) is 4.25. The number of methoxy groups -OCH3 is 1. The second kappa shape index (κ2) is 5.93. The van der Waals surface area contributed by atoms with Crippen LogP contribution in [-0.4, -0.2) is 57.6 Å². The summed E-state index contributed by atoms with van der Waals surface area (Å²) in [5.74, 6) is -1.59. The maximum absolute atomic E-state index is 12.8. The van der Waals surface area contributed by atoms with Gasteiger partial charge in [-0.2, -0.15) is 0 Å². The molecule has 2 heterocycles. The number of carbonyl (C=O) groups is 2. The monoisotopic (exact) mass is 333 g/mol. The highest BCUT2D eigenvalue weighted by Gasteiger charge is 2.40. The van der Waals surface area contributed by atoms with Crippen LogP contribution in [-0.2, 0) is 9.53 Å². The number of benzene rings is 1. The molecule has 1 amide bonds. The second-order valence-electron chi connectivity index (χ2n) is 5.59. The third kappa shape index (κ3) is 2.58. The van der Waals surface area contributed by atoms with Crippen molar-refractivity contribution in [2.45, 2.75) is 18.6 Å². The zero-order valence-electron chi connectivity index (χ0n) is 12.8. The minimum Gasteiger partial charge on any atom is -0.480 e. The molecule has 2 N–H and O–H groups in total. The van der Waals surface area contributed by atoms with Crippen LogP contribution >= 0.6 is 0 Å². The van der Waals surface area contributed by atoms with E-state index in [1.807, 2.05) is 0 Å². The summed E-state index contributed by atoms with van der Waals surface area (Å²) >= 11 is 0. The van der Waals surface area contributed by atoms with E-state index in [0.717, 1.165) is 0 Å². The number of likely N-dealkylation sites (tertiary alicyclic amines) is 1. The number of aromatic nitrogens is 1. The standard InChI is InChI=1S/C15H15N3O6/c1-24-9-5-13(15(20)21)17(7-9)14(19)11-6-16-12-3-2-8(18(22)23)4-10(11)12/h2-4,6,9,13,16H,5,7H2,1H3,(H,20,21). The minimum atomic E-state index is -1.10. The van der Waals surface area contributed by atoms with Crippen LogP contribution in [0.15, 0.2) is 24.4 Å². The van der Waals surface area contributed by atoms with Crippen LogP contribution < -0.4 is 0 Å². The molecule has 3 rings (SSSR count).